The molecule has 1 aromatic carbocycles. The van der Waals surface area contributed by atoms with E-state index in [1.54, 1.807) is 0 Å². The van der Waals surface area contributed by atoms with Gasteiger partial charge in [0, 0.05) is 10.7 Å². The van der Waals surface area contributed by atoms with Crippen molar-refractivity contribution in [2.24, 2.45) is 5.41 Å². The number of ether oxygens (including phenoxy) is 1. The van der Waals surface area contributed by atoms with E-state index in [0.29, 0.717) is 5.41 Å². The molecule has 0 unspecified atom stereocenters. The lowest BCUT2D eigenvalue weighted by Gasteiger charge is -2.40. The molecular formula is C15H21BrO. The molecule has 1 aromatic rings. The summed E-state index contributed by atoms with van der Waals surface area (Å²) in [5.41, 5.74) is 4.24. The van der Waals surface area contributed by atoms with Crippen LogP contribution >= 0.6 is 15.9 Å². The molecule has 17 heavy (non-hydrogen) atoms. The SMILES string of the molecule is Cc1ccc(C)c(OCC2(CBr)CCC2)c1C. The second kappa shape index (κ2) is 5.01. The molecule has 2 rings (SSSR count). The molecule has 0 heterocycles. The number of rotatable bonds is 4. The maximum Gasteiger partial charge on any atom is 0.125 e. The predicted molar refractivity (Wildman–Crippen MR) is 76.2 cm³/mol. The molecule has 0 atom stereocenters. The van der Waals surface area contributed by atoms with Gasteiger partial charge in [0.1, 0.15) is 5.75 Å². The summed E-state index contributed by atoms with van der Waals surface area (Å²) in [4.78, 5) is 0. The normalized spacial score (nSPS) is 17.6. The van der Waals surface area contributed by atoms with Crippen molar-refractivity contribution in [1.82, 2.24) is 0 Å². The van der Waals surface area contributed by atoms with Crippen LogP contribution < -0.4 is 4.74 Å². The quantitative estimate of drug-likeness (QED) is 0.740. The molecule has 0 spiro atoms. The molecule has 1 saturated carbocycles. The third-order valence-corrected chi connectivity index (χ3v) is 5.28. The number of alkyl halides is 1. The molecule has 0 aromatic heterocycles. The zero-order valence-electron chi connectivity index (χ0n) is 11.0. The van der Waals surface area contributed by atoms with E-state index in [9.17, 15) is 0 Å². The predicted octanol–water partition coefficient (Wildman–Crippen LogP) is 4.56. The van der Waals surface area contributed by atoms with Crippen molar-refractivity contribution in [1.29, 1.82) is 0 Å². The molecule has 1 aliphatic carbocycles. The molecule has 0 saturated heterocycles. The van der Waals surface area contributed by atoms with Crippen molar-refractivity contribution in [3.63, 3.8) is 0 Å². The minimum atomic E-state index is 0.391. The number of hydrogen-bond donors (Lipinski definition) is 0. The van der Waals surface area contributed by atoms with E-state index in [-0.39, 0.29) is 0 Å². The van der Waals surface area contributed by atoms with Crippen LogP contribution in [0.15, 0.2) is 12.1 Å². The Morgan fingerprint density at radius 2 is 1.82 bits per heavy atom. The van der Waals surface area contributed by atoms with Crippen molar-refractivity contribution >= 4 is 15.9 Å². The highest BCUT2D eigenvalue weighted by Crippen LogP contribution is 2.43. The fraction of sp³-hybridized carbons (Fsp3) is 0.600. The summed E-state index contributed by atoms with van der Waals surface area (Å²) < 4.78 is 6.12. The Hall–Kier alpha value is -0.500. The first-order chi connectivity index (χ1) is 8.08. The van der Waals surface area contributed by atoms with Crippen LogP contribution in [0.2, 0.25) is 0 Å². The van der Waals surface area contributed by atoms with Gasteiger partial charge in [0.2, 0.25) is 0 Å². The van der Waals surface area contributed by atoms with E-state index >= 15 is 0 Å². The van der Waals surface area contributed by atoms with Gasteiger partial charge in [-0.1, -0.05) is 34.5 Å². The van der Waals surface area contributed by atoms with Gasteiger partial charge in [-0.3, -0.25) is 0 Å². The van der Waals surface area contributed by atoms with Gasteiger partial charge in [0.25, 0.3) is 0 Å². The van der Waals surface area contributed by atoms with Crippen LogP contribution in [0.5, 0.6) is 5.75 Å². The number of benzene rings is 1. The lowest BCUT2D eigenvalue weighted by molar-refractivity contribution is 0.0830. The molecule has 0 aliphatic heterocycles. The molecule has 0 N–H and O–H groups in total. The molecule has 0 radical (unpaired) electrons. The Morgan fingerprint density at radius 1 is 1.18 bits per heavy atom. The van der Waals surface area contributed by atoms with Gasteiger partial charge in [-0.2, -0.15) is 0 Å². The summed E-state index contributed by atoms with van der Waals surface area (Å²) in [6.45, 7) is 7.28. The first kappa shape index (κ1) is 12.9. The van der Waals surface area contributed by atoms with E-state index in [0.717, 1.165) is 17.7 Å². The highest BCUT2D eigenvalue weighted by molar-refractivity contribution is 9.09. The largest absolute Gasteiger partial charge is 0.492 e. The lowest BCUT2D eigenvalue weighted by atomic mass is 9.71. The van der Waals surface area contributed by atoms with Gasteiger partial charge in [-0.05, 0) is 50.3 Å². The van der Waals surface area contributed by atoms with Gasteiger partial charge in [0.05, 0.1) is 6.61 Å². The second-order valence-electron chi connectivity index (χ2n) is 5.43. The Labute approximate surface area is 113 Å². The van der Waals surface area contributed by atoms with Gasteiger partial charge in [0.15, 0.2) is 0 Å². The van der Waals surface area contributed by atoms with Crippen LogP contribution in [0.3, 0.4) is 0 Å². The minimum absolute atomic E-state index is 0.391. The summed E-state index contributed by atoms with van der Waals surface area (Å²) in [6, 6.07) is 4.32. The average Bonchev–Trinajstić information content (AvgIpc) is 2.27. The zero-order chi connectivity index (χ0) is 12.5. The lowest BCUT2D eigenvalue weighted by Crippen LogP contribution is -2.37. The molecule has 0 amide bonds. The summed E-state index contributed by atoms with van der Waals surface area (Å²) in [6.07, 6.45) is 3.94. The molecule has 1 aliphatic rings. The monoisotopic (exact) mass is 296 g/mol. The first-order valence-electron chi connectivity index (χ1n) is 6.33. The Morgan fingerprint density at radius 3 is 2.35 bits per heavy atom. The number of aryl methyl sites for hydroxylation is 2. The number of hydrogen-bond acceptors (Lipinski definition) is 1. The summed E-state index contributed by atoms with van der Waals surface area (Å²) in [7, 11) is 0. The smallest absolute Gasteiger partial charge is 0.125 e. The third kappa shape index (κ3) is 2.52. The highest BCUT2D eigenvalue weighted by atomic mass is 79.9. The average molecular weight is 297 g/mol. The van der Waals surface area contributed by atoms with Gasteiger partial charge in [-0.15, -0.1) is 0 Å². The van der Waals surface area contributed by atoms with Crippen molar-refractivity contribution in [2.45, 2.75) is 40.0 Å². The highest BCUT2D eigenvalue weighted by Gasteiger charge is 2.36. The van der Waals surface area contributed by atoms with Crippen LogP contribution in [-0.2, 0) is 0 Å². The third-order valence-electron chi connectivity index (χ3n) is 4.09. The molecule has 94 valence electrons. The number of halogens is 1. The Kier molecular flexibility index (Phi) is 3.82. The van der Waals surface area contributed by atoms with Crippen LogP contribution in [0, 0.1) is 26.2 Å². The van der Waals surface area contributed by atoms with Crippen LogP contribution in [0.25, 0.3) is 0 Å². The second-order valence-corrected chi connectivity index (χ2v) is 5.99. The van der Waals surface area contributed by atoms with Crippen molar-refractivity contribution in [3.05, 3.63) is 28.8 Å². The summed E-state index contributed by atoms with van der Waals surface area (Å²) >= 11 is 3.63. The van der Waals surface area contributed by atoms with E-state index < -0.39 is 0 Å². The van der Waals surface area contributed by atoms with E-state index in [2.05, 4.69) is 48.8 Å². The Balaban J connectivity index is 2.11. The van der Waals surface area contributed by atoms with Gasteiger partial charge < -0.3 is 4.74 Å². The molecule has 2 heteroatoms. The molecular weight excluding hydrogens is 276 g/mol. The fourth-order valence-corrected chi connectivity index (χ4v) is 3.09. The molecule has 1 nitrogen and oxygen atoms in total. The van der Waals surface area contributed by atoms with Crippen molar-refractivity contribution < 1.29 is 4.74 Å². The summed E-state index contributed by atoms with van der Waals surface area (Å²) in [5.74, 6) is 1.09. The standard InChI is InChI=1S/C15H21BrO/c1-11-5-6-12(2)14(13(11)3)17-10-15(9-16)7-4-8-15/h5-6H,4,7-10H2,1-3H3. The van der Waals surface area contributed by atoms with Crippen molar-refractivity contribution in [3.8, 4) is 5.75 Å². The maximum absolute atomic E-state index is 6.12. The summed E-state index contributed by atoms with van der Waals surface area (Å²) in [5, 5.41) is 1.06. The van der Waals surface area contributed by atoms with E-state index in [4.69, 9.17) is 4.74 Å². The fourth-order valence-electron chi connectivity index (χ4n) is 2.37. The minimum Gasteiger partial charge on any atom is -0.492 e. The van der Waals surface area contributed by atoms with Crippen LogP contribution in [0.4, 0.5) is 0 Å². The Bertz CT molecular complexity index is 402. The van der Waals surface area contributed by atoms with Crippen molar-refractivity contribution in [2.75, 3.05) is 11.9 Å². The van der Waals surface area contributed by atoms with E-state index in [1.165, 1.54) is 36.0 Å². The maximum atomic E-state index is 6.12. The zero-order valence-corrected chi connectivity index (χ0v) is 12.6. The first-order valence-corrected chi connectivity index (χ1v) is 7.46. The molecule has 0 bridgehead atoms. The van der Waals surface area contributed by atoms with Crippen LogP contribution in [0.1, 0.15) is 36.0 Å². The topological polar surface area (TPSA) is 9.23 Å². The van der Waals surface area contributed by atoms with Crippen LogP contribution in [-0.4, -0.2) is 11.9 Å². The van der Waals surface area contributed by atoms with Gasteiger partial charge in [-0.25, -0.2) is 0 Å². The van der Waals surface area contributed by atoms with E-state index in [1.807, 2.05) is 0 Å². The molecule has 1 fully saturated rings. The van der Waals surface area contributed by atoms with Gasteiger partial charge >= 0.3 is 0 Å².